The predicted octanol–water partition coefficient (Wildman–Crippen LogP) is -2.37. The number of nitrogens with zero attached hydrogens (tertiary/aromatic N) is 1. The fourth-order valence-corrected chi connectivity index (χ4v) is 2.76. The van der Waals surface area contributed by atoms with E-state index in [1.165, 1.54) is 7.05 Å². The molecule has 0 bridgehead atoms. The molecule has 0 aliphatic rings. The van der Waals surface area contributed by atoms with Crippen LogP contribution in [0.3, 0.4) is 0 Å². The van der Waals surface area contributed by atoms with E-state index in [0.717, 1.165) is 5.56 Å². The van der Waals surface area contributed by atoms with Crippen molar-refractivity contribution in [2.24, 2.45) is 5.92 Å². The molecule has 0 saturated heterocycles. The largest absolute Gasteiger partial charge is 1.00 e. The van der Waals surface area contributed by atoms with Crippen molar-refractivity contribution in [3.63, 3.8) is 0 Å². The van der Waals surface area contributed by atoms with Gasteiger partial charge in [0.15, 0.2) is 0 Å². The Bertz CT molecular complexity index is 462. The van der Waals surface area contributed by atoms with Crippen molar-refractivity contribution in [2.45, 2.75) is 12.8 Å². The minimum absolute atomic E-state index is 0. The van der Waals surface area contributed by atoms with E-state index in [0.29, 0.717) is 11.5 Å². The van der Waals surface area contributed by atoms with E-state index in [1.807, 2.05) is 30.3 Å². The molecule has 0 heterocycles. The maximum Gasteiger partial charge on any atom is 1.00 e. The molecule has 20 heavy (non-hydrogen) atoms. The summed E-state index contributed by atoms with van der Waals surface area (Å²) < 4.78 is 11.0. The molecule has 1 aromatic rings. The van der Waals surface area contributed by atoms with Gasteiger partial charge in [0.2, 0.25) is 5.91 Å². The Balaban J connectivity index is 0.00000361. The molecule has 8 heteroatoms. The first-order chi connectivity index (χ1) is 8.78. The van der Waals surface area contributed by atoms with E-state index in [4.69, 9.17) is 10.1 Å². The molecule has 0 spiro atoms. The molecule has 0 aromatic heterocycles. The van der Waals surface area contributed by atoms with Crippen molar-refractivity contribution < 1.29 is 53.9 Å². The normalized spacial score (nSPS) is 14.8. The Kier molecular flexibility index (Phi) is 8.86. The zero-order valence-corrected chi connectivity index (χ0v) is 14.5. The van der Waals surface area contributed by atoms with Gasteiger partial charge in [-0.05, 0) is 17.9 Å². The average molecular weight is 309 g/mol. The zero-order valence-electron chi connectivity index (χ0n) is 11.6. The number of carbonyl (C=O) groups excluding carboxylic acids is 1. The maximum absolute atomic E-state index is 11.4. The molecule has 6 nitrogen and oxygen atoms in total. The van der Waals surface area contributed by atoms with Gasteiger partial charge in [-0.3, -0.25) is 10.0 Å². The average Bonchev–Trinajstić information content (AvgIpc) is 2.27. The van der Waals surface area contributed by atoms with Gasteiger partial charge in [-0.25, -0.2) is 5.06 Å². The summed E-state index contributed by atoms with van der Waals surface area (Å²) >= 11 is 0. The van der Waals surface area contributed by atoms with Crippen molar-refractivity contribution in [1.82, 2.24) is 5.06 Å². The van der Waals surface area contributed by atoms with E-state index >= 15 is 0 Å². The first-order valence-electron chi connectivity index (χ1n) is 5.80. The third-order valence-corrected chi connectivity index (χ3v) is 3.66. The number of amides is 1. The number of hydroxylamine groups is 2. The Hall–Kier alpha value is -0.200. The van der Waals surface area contributed by atoms with Crippen molar-refractivity contribution >= 4 is 13.5 Å². The predicted molar refractivity (Wildman–Crippen MR) is 67.5 cm³/mol. The van der Waals surface area contributed by atoms with Crippen LogP contribution in [0, 0.1) is 5.92 Å². The summed E-state index contributed by atoms with van der Waals surface area (Å²) in [6.07, 6.45) is -0.288. The van der Waals surface area contributed by atoms with Crippen LogP contribution in [0.4, 0.5) is 0 Å². The Morgan fingerprint density at radius 1 is 1.40 bits per heavy atom. The topological polar surface area (TPSA) is 101 Å². The minimum Gasteiger partial charge on any atom is -0.779 e. The van der Waals surface area contributed by atoms with Crippen molar-refractivity contribution in [3.8, 4) is 0 Å². The van der Waals surface area contributed by atoms with Crippen LogP contribution in [0.25, 0.3) is 0 Å². The summed E-state index contributed by atoms with van der Waals surface area (Å²) in [4.78, 5) is 31.3. The summed E-state index contributed by atoms with van der Waals surface area (Å²) in [5.74, 6) is -1.16. The molecule has 0 aliphatic heterocycles. The van der Waals surface area contributed by atoms with E-state index in [-0.39, 0.29) is 36.0 Å². The van der Waals surface area contributed by atoms with Crippen LogP contribution < -0.4 is 34.5 Å². The summed E-state index contributed by atoms with van der Waals surface area (Å²) in [5.41, 5.74) is 0.870. The Morgan fingerprint density at radius 2 is 1.95 bits per heavy atom. The smallest absolute Gasteiger partial charge is 0.779 e. The van der Waals surface area contributed by atoms with Gasteiger partial charge in [-0.2, -0.15) is 0 Å². The van der Waals surface area contributed by atoms with Crippen LogP contribution in [-0.2, 0) is 15.8 Å². The molecule has 1 aromatic carbocycles. The Labute approximate surface area is 140 Å². The quantitative estimate of drug-likeness (QED) is 0.265. The maximum atomic E-state index is 11.4. The summed E-state index contributed by atoms with van der Waals surface area (Å²) in [6, 6.07) is 9.07. The third kappa shape index (κ3) is 8.17. The molecule has 0 radical (unpaired) electrons. The minimum atomic E-state index is -4.45. The fourth-order valence-electron chi connectivity index (χ4n) is 1.85. The van der Waals surface area contributed by atoms with Crippen molar-refractivity contribution in [3.05, 3.63) is 35.9 Å². The SMILES string of the molecule is CN(O)C(=O)CC(Cc1ccccc1)CP(=O)([O-])O.[Na+]. The molecule has 1 amide bonds. The van der Waals surface area contributed by atoms with Crippen LogP contribution in [0.1, 0.15) is 12.0 Å². The van der Waals surface area contributed by atoms with Gasteiger partial charge < -0.3 is 14.4 Å². The van der Waals surface area contributed by atoms with Crippen LogP contribution in [0.5, 0.6) is 0 Å². The standard InChI is InChI=1S/C12H18NO5P.Na/c1-13(15)12(14)8-11(9-19(16,17)18)7-10-5-3-2-4-6-10;/h2-6,11,15H,7-9H2,1H3,(H2,16,17,18);/q;+1/p-1. The number of hydrogen-bond donors (Lipinski definition) is 2. The first kappa shape index (κ1) is 19.8. The fraction of sp³-hybridized carbons (Fsp3) is 0.417. The molecular formula is C12H17NNaO5P. The molecule has 2 N–H and O–H groups in total. The second-order valence-electron chi connectivity index (χ2n) is 4.50. The molecule has 2 unspecified atom stereocenters. The van der Waals surface area contributed by atoms with Crippen LogP contribution in [-0.4, -0.2) is 34.3 Å². The summed E-state index contributed by atoms with van der Waals surface area (Å²) in [5, 5.41) is 9.43. The van der Waals surface area contributed by atoms with E-state index < -0.39 is 25.6 Å². The van der Waals surface area contributed by atoms with Crippen molar-refractivity contribution in [2.75, 3.05) is 13.2 Å². The number of benzene rings is 1. The second kappa shape index (κ2) is 8.95. The first-order valence-corrected chi connectivity index (χ1v) is 7.56. The molecule has 1 rings (SSSR count). The van der Waals surface area contributed by atoms with Gasteiger partial charge in [0.05, 0.1) is 0 Å². The van der Waals surface area contributed by atoms with E-state index in [1.54, 1.807) is 0 Å². The van der Waals surface area contributed by atoms with Gasteiger partial charge in [0.25, 0.3) is 0 Å². The van der Waals surface area contributed by atoms with E-state index in [9.17, 15) is 14.3 Å². The molecule has 0 saturated carbocycles. The van der Waals surface area contributed by atoms with Gasteiger partial charge in [0.1, 0.15) is 7.60 Å². The Morgan fingerprint density at radius 3 is 2.40 bits per heavy atom. The summed E-state index contributed by atoms with van der Waals surface area (Å²) in [7, 11) is -3.27. The third-order valence-electron chi connectivity index (χ3n) is 2.68. The molecule has 0 fully saturated rings. The van der Waals surface area contributed by atoms with E-state index in [2.05, 4.69) is 0 Å². The molecule has 2 atom stereocenters. The molecule has 0 aliphatic carbocycles. The van der Waals surface area contributed by atoms with Gasteiger partial charge in [0, 0.05) is 19.6 Å². The van der Waals surface area contributed by atoms with Crippen LogP contribution in [0.2, 0.25) is 0 Å². The monoisotopic (exact) mass is 309 g/mol. The van der Waals surface area contributed by atoms with Gasteiger partial charge in [-0.15, -0.1) is 0 Å². The van der Waals surface area contributed by atoms with Crippen LogP contribution >= 0.6 is 7.60 Å². The number of rotatable bonds is 6. The molecular weight excluding hydrogens is 292 g/mol. The summed E-state index contributed by atoms with van der Waals surface area (Å²) in [6.45, 7) is 0. The second-order valence-corrected chi connectivity index (χ2v) is 6.14. The number of carbonyl (C=O) groups is 1. The van der Waals surface area contributed by atoms with Gasteiger partial charge in [-0.1, -0.05) is 30.3 Å². The van der Waals surface area contributed by atoms with Crippen LogP contribution in [0.15, 0.2) is 30.3 Å². The van der Waals surface area contributed by atoms with Gasteiger partial charge >= 0.3 is 29.6 Å². The molecule has 106 valence electrons. The number of hydrogen-bond acceptors (Lipinski definition) is 4. The zero-order chi connectivity index (χ0) is 14.5. The van der Waals surface area contributed by atoms with Crippen molar-refractivity contribution in [1.29, 1.82) is 0 Å².